The highest BCUT2D eigenvalue weighted by Crippen LogP contribution is 2.26. The fourth-order valence-corrected chi connectivity index (χ4v) is 1.70. The molecule has 0 fully saturated rings. The second-order valence-electron chi connectivity index (χ2n) is 3.96. The molecule has 1 unspecified atom stereocenters. The zero-order valence-corrected chi connectivity index (χ0v) is 10.5. The molecule has 0 aliphatic carbocycles. The molecule has 1 atom stereocenters. The average molecular weight is 222 g/mol. The van der Waals surface area contributed by atoms with Gasteiger partial charge in [-0.1, -0.05) is 38.0 Å². The van der Waals surface area contributed by atoms with E-state index in [4.69, 9.17) is 9.47 Å². The van der Waals surface area contributed by atoms with Gasteiger partial charge in [-0.3, -0.25) is 0 Å². The first kappa shape index (κ1) is 13.0. The summed E-state index contributed by atoms with van der Waals surface area (Å²) in [6, 6.07) is 8.03. The van der Waals surface area contributed by atoms with Gasteiger partial charge in [0.25, 0.3) is 0 Å². The molecule has 90 valence electrons. The molecule has 0 saturated heterocycles. The molecule has 0 saturated carbocycles. The largest absolute Gasteiger partial charge is 0.496 e. The third-order valence-electron chi connectivity index (χ3n) is 2.69. The highest BCUT2D eigenvalue weighted by molar-refractivity contribution is 5.34. The molecule has 0 radical (unpaired) electrons. The maximum Gasteiger partial charge on any atom is 0.124 e. The molecule has 1 aromatic rings. The Hall–Kier alpha value is -1.02. The van der Waals surface area contributed by atoms with Crippen LogP contribution in [0.5, 0.6) is 5.75 Å². The van der Waals surface area contributed by atoms with E-state index in [1.54, 1.807) is 7.11 Å². The molecular formula is C14H22O2. The zero-order valence-electron chi connectivity index (χ0n) is 10.5. The number of ether oxygens (including phenoxy) is 2. The van der Waals surface area contributed by atoms with Crippen molar-refractivity contribution < 1.29 is 9.47 Å². The van der Waals surface area contributed by atoms with E-state index in [1.807, 2.05) is 18.2 Å². The molecule has 0 amide bonds. The summed E-state index contributed by atoms with van der Waals surface area (Å²) in [4.78, 5) is 0. The van der Waals surface area contributed by atoms with Gasteiger partial charge in [0.1, 0.15) is 5.75 Å². The second-order valence-corrected chi connectivity index (χ2v) is 3.96. The molecule has 0 aliphatic rings. The van der Waals surface area contributed by atoms with Gasteiger partial charge in [0.2, 0.25) is 0 Å². The summed E-state index contributed by atoms with van der Waals surface area (Å²) >= 11 is 0. The molecule has 0 bridgehead atoms. The molecule has 1 rings (SSSR count). The van der Waals surface area contributed by atoms with E-state index in [9.17, 15) is 0 Å². The van der Waals surface area contributed by atoms with Crippen LogP contribution in [0, 0.1) is 0 Å². The Morgan fingerprint density at radius 1 is 1.19 bits per heavy atom. The normalized spacial score (nSPS) is 12.4. The van der Waals surface area contributed by atoms with Crippen LogP contribution in [-0.4, -0.2) is 13.7 Å². The van der Waals surface area contributed by atoms with Crippen molar-refractivity contribution in [2.24, 2.45) is 0 Å². The Balaban J connectivity index is 2.48. The summed E-state index contributed by atoms with van der Waals surface area (Å²) in [5.41, 5.74) is 1.13. The number of rotatable bonds is 7. The van der Waals surface area contributed by atoms with Crippen molar-refractivity contribution in [2.45, 2.75) is 39.2 Å². The van der Waals surface area contributed by atoms with Gasteiger partial charge >= 0.3 is 0 Å². The van der Waals surface area contributed by atoms with E-state index in [0.29, 0.717) is 0 Å². The molecule has 0 heterocycles. The number of benzene rings is 1. The van der Waals surface area contributed by atoms with Gasteiger partial charge in [-0.05, 0) is 19.4 Å². The SMILES string of the molecule is CCCCCOC(C)c1ccccc1OC. The topological polar surface area (TPSA) is 18.5 Å². The summed E-state index contributed by atoms with van der Waals surface area (Å²) in [5, 5.41) is 0. The van der Waals surface area contributed by atoms with Crippen LogP contribution in [0.3, 0.4) is 0 Å². The molecule has 0 N–H and O–H groups in total. The highest BCUT2D eigenvalue weighted by Gasteiger charge is 2.10. The summed E-state index contributed by atoms with van der Waals surface area (Å²) < 4.78 is 11.1. The fraction of sp³-hybridized carbons (Fsp3) is 0.571. The highest BCUT2D eigenvalue weighted by atomic mass is 16.5. The Morgan fingerprint density at radius 3 is 2.62 bits per heavy atom. The molecule has 0 aromatic heterocycles. The summed E-state index contributed by atoms with van der Waals surface area (Å²) in [6.07, 6.45) is 3.70. The lowest BCUT2D eigenvalue weighted by molar-refractivity contribution is 0.0613. The van der Waals surface area contributed by atoms with Gasteiger partial charge in [-0.25, -0.2) is 0 Å². The van der Waals surface area contributed by atoms with E-state index in [0.717, 1.165) is 24.3 Å². The monoisotopic (exact) mass is 222 g/mol. The van der Waals surface area contributed by atoms with Gasteiger partial charge in [0.15, 0.2) is 0 Å². The predicted molar refractivity (Wildman–Crippen MR) is 66.9 cm³/mol. The molecule has 1 aromatic carbocycles. The molecule has 0 spiro atoms. The second kappa shape index (κ2) is 7.29. The molecule has 2 nitrogen and oxygen atoms in total. The summed E-state index contributed by atoms with van der Waals surface area (Å²) in [7, 11) is 1.70. The quantitative estimate of drug-likeness (QED) is 0.650. The minimum atomic E-state index is 0.105. The van der Waals surface area contributed by atoms with E-state index >= 15 is 0 Å². The van der Waals surface area contributed by atoms with Crippen molar-refractivity contribution in [1.82, 2.24) is 0 Å². The lowest BCUT2D eigenvalue weighted by Crippen LogP contribution is -2.03. The van der Waals surface area contributed by atoms with Crippen LogP contribution in [0.4, 0.5) is 0 Å². The number of methoxy groups -OCH3 is 1. The predicted octanol–water partition coefficient (Wildman–Crippen LogP) is 3.96. The number of unbranched alkanes of at least 4 members (excludes halogenated alkanes) is 2. The van der Waals surface area contributed by atoms with Gasteiger partial charge in [0.05, 0.1) is 13.2 Å². The van der Waals surface area contributed by atoms with E-state index in [1.165, 1.54) is 12.8 Å². The Kier molecular flexibility index (Phi) is 5.94. The van der Waals surface area contributed by atoms with Crippen molar-refractivity contribution in [3.8, 4) is 5.75 Å². The third kappa shape index (κ3) is 3.86. The van der Waals surface area contributed by atoms with Crippen LogP contribution in [-0.2, 0) is 4.74 Å². The van der Waals surface area contributed by atoms with Gasteiger partial charge in [0, 0.05) is 12.2 Å². The van der Waals surface area contributed by atoms with Gasteiger partial charge in [-0.15, -0.1) is 0 Å². The molecule has 2 heteroatoms. The maximum absolute atomic E-state index is 5.79. The summed E-state index contributed by atoms with van der Waals surface area (Å²) in [6.45, 7) is 5.10. The van der Waals surface area contributed by atoms with Crippen LogP contribution in [0.15, 0.2) is 24.3 Å². The molecule has 16 heavy (non-hydrogen) atoms. The number of hydrogen-bond acceptors (Lipinski definition) is 2. The van der Waals surface area contributed by atoms with Crippen molar-refractivity contribution in [3.05, 3.63) is 29.8 Å². The Bertz CT molecular complexity index is 297. The third-order valence-corrected chi connectivity index (χ3v) is 2.69. The van der Waals surface area contributed by atoms with Crippen LogP contribution < -0.4 is 4.74 Å². The van der Waals surface area contributed by atoms with Crippen molar-refractivity contribution in [1.29, 1.82) is 0 Å². The molecule has 0 aliphatic heterocycles. The number of para-hydroxylation sites is 1. The van der Waals surface area contributed by atoms with Gasteiger partial charge < -0.3 is 9.47 Å². The summed E-state index contributed by atoms with van der Waals surface area (Å²) in [5.74, 6) is 0.908. The van der Waals surface area contributed by atoms with Gasteiger partial charge in [-0.2, -0.15) is 0 Å². The van der Waals surface area contributed by atoms with E-state index < -0.39 is 0 Å². The Labute approximate surface area is 98.6 Å². The van der Waals surface area contributed by atoms with Crippen LogP contribution in [0.25, 0.3) is 0 Å². The fourth-order valence-electron chi connectivity index (χ4n) is 1.70. The Morgan fingerprint density at radius 2 is 1.94 bits per heavy atom. The average Bonchev–Trinajstić information content (AvgIpc) is 2.34. The zero-order chi connectivity index (χ0) is 11.8. The van der Waals surface area contributed by atoms with Crippen LogP contribution in [0.2, 0.25) is 0 Å². The lowest BCUT2D eigenvalue weighted by atomic mass is 10.1. The van der Waals surface area contributed by atoms with Crippen molar-refractivity contribution in [2.75, 3.05) is 13.7 Å². The van der Waals surface area contributed by atoms with E-state index in [2.05, 4.69) is 19.9 Å². The van der Waals surface area contributed by atoms with E-state index in [-0.39, 0.29) is 6.10 Å². The lowest BCUT2D eigenvalue weighted by Gasteiger charge is -2.16. The van der Waals surface area contributed by atoms with Crippen LogP contribution in [0.1, 0.15) is 44.8 Å². The first-order chi connectivity index (χ1) is 7.79. The standard InChI is InChI=1S/C14H22O2/c1-4-5-8-11-16-12(2)13-9-6-7-10-14(13)15-3/h6-7,9-10,12H,4-5,8,11H2,1-3H3. The minimum Gasteiger partial charge on any atom is -0.496 e. The van der Waals surface area contributed by atoms with Crippen LogP contribution >= 0.6 is 0 Å². The van der Waals surface area contributed by atoms with Crippen molar-refractivity contribution in [3.63, 3.8) is 0 Å². The maximum atomic E-state index is 5.79. The smallest absolute Gasteiger partial charge is 0.124 e. The first-order valence-electron chi connectivity index (χ1n) is 6.04. The minimum absolute atomic E-state index is 0.105. The number of hydrogen-bond donors (Lipinski definition) is 0. The van der Waals surface area contributed by atoms with Crippen molar-refractivity contribution >= 4 is 0 Å². The first-order valence-corrected chi connectivity index (χ1v) is 6.04. The molecular weight excluding hydrogens is 200 g/mol.